The molecule has 0 radical (unpaired) electrons. The maximum Gasteiger partial charge on any atom is 0.0994 e. The molecular formula is C15H24N2O2. The van der Waals surface area contributed by atoms with Gasteiger partial charge in [0.25, 0.3) is 0 Å². The summed E-state index contributed by atoms with van der Waals surface area (Å²) in [5, 5.41) is 10.6. The van der Waals surface area contributed by atoms with Gasteiger partial charge in [-0.1, -0.05) is 30.3 Å². The van der Waals surface area contributed by atoms with Crippen molar-refractivity contribution >= 4 is 0 Å². The Morgan fingerprint density at radius 1 is 1.47 bits per heavy atom. The molecule has 1 saturated heterocycles. The summed E-state index contributed by atoms with van der Waals surface area (Å²) >= 11 is 0. The lowest BCUT2D eigenvalue weighted by Gasteiger charge is -2.38. The molecule has 0 saturated carbocycles. The molecule has 0 amide bonds. The minimum Gasteiger partial charge on any atom is -0.384 e. The molecule has 1 aliphatic rings. The molecule has 0 spiro atoms. The normalized spacial score (nSPS) is 25.8. The molecule has 0 aromatic heterocycles. The number of morpholine rings is 1. The van der Waals surface area contributed by atoms with Crippen LogP contribution in [0.4, 0.5) is 0 Å². The maximum atomic E-state index is 10.6. The molecule has 4 nitrogen and oxygen atoms in total. The molecule has 4 heteroatoms. The van der Waals surface area contributed by atoms with Gasteiger partial charge in [-0.3, -0.25) is 4.90 Å². The van der Waals surface area contributed by atoms with Crippen molar-refractivity contribution in [1.82, 2.24) is 4.90 Å². The number of ether oxygens (including phenoxy) is 1. The summed E-state index contributed by atoms with van der Waals surface area (Å²) in [4.78, 5) is 2.23. The number of β-amino-alcohol motifs (C(OH)–C–C–N with tert-alkyl or cyclic N) is 1. The van der Waals surface area contributed by atoms with Crippen molar-refractivity contribution in [3.05, 3.63) is 35.9 Å². The Labute approximate surface area is 115 Å². The van der Waals surface area contributed by atoms with E-state index in [-0.39, 0.29) is 12.1 Å². The molecule has 19 heavy (non-hydrogen) atoms. The highest BCUT2D eigenvalue weighted by molar-refractivity contribution is 5.21. The molecule has 1 fully saturated rings. The van der Waals surface area contributed by atoms with Gasteiger partial charge in [0.15, 0.2) is 0 Å². The number of aliphatic hydroxyl groups is 1. The lowest BCUT2D eigenvalue weighted by Crippen LogP contribution is -2.52. The smallest absolute Gasteiger partial charge is 0.0994 e. The van der Waals surface area contributed by atoms with Crippen molar-refractivity contribution in [3.63, 3.8) is 0 Å². The minimum absolute atomic E-state index is 0.0180. The van der Waals surface area contributed by atoms with Crippen LogP contribution in [0, 0.1) is 0 Å². The highest BCUT2D eigenvalue weighted by Crippen LogP contribution is 2.22. The van der Waals surface area contributed by atoms with E-state index in [2.05, 4.69) is 4.90 Å². The quantitative estimate of drug-likeness (QED) is 0.850. The molecule has 106 valence electrons. The first-order valence-corrected chi connectivity index (χ1v) is 6.86. The molecule has 3 unspecified atom stereocenters. The van der Waals surface area contributed by atoms with Crippen LogP contribution in [0.3, 0.4) is 0 Å². The zero-order valence-electron chi connectivity index (χ0n) is 11.7. The SMILES string of the molecule is CC(N)C1CN(CC(C)(O)c2ccccc2)CCO1. The molecule has 3 atom stereocenters. The van der Waals surface area contributed by atoms with Crippen molar-refractivity contribution in [1.29, 1.82) is 0 Å². The topological polar surface area (TPSA) is 58.7 Å². The van der Waals surface area contributed by atoms with Crippen LogP contribution in [0.2, 0.25) is 0 Å². The van der Waals surface area contributed by atoms with E-state index in [1.54, 1.807) is 0 Å². The maximum absolute atomic E-state index is 10.6. The average molecular weight is 264 g/mol. The number of nitrogens with zero attached hydrogens (tertiary/aromatic N) is 1. The van der Waals surface area contributed by atoms with Crippen LogP contribution < -0.4 is 5.73 Å². The Hall–Kier alpha value is -0.940. The second kappa shape index (κ2) is 6.01. The Bertz CT molecular complexity index is 392. The third-order valence-electron chi connectivity index (χ3n) is 3.69. The van der Waals surface area contributed by atoms with Crippen LogP contribution in [0.5, 0.6) is 0 Å². The van der Waals surface area contributed by atoms with Crippen LogP contribution in [0.25, 0.3) is 0 Å². The second-order valence-electron chi connectivity index (χ2n) is 5.64. The van der Waals surface area contributed by atoms with Gasteiger partial charge in [0.1, 0.15) is 0 Å². The molecule has 2 rings (SSSR count). The van der Waals surface area contributed by atoms with E-state index in [4.69, 9.17) is 10.5 Å². The van der Waals surface area contributed by atoms with Gasteiger partial charge in [-0.2, -0.15) is 0 Å². The summed E-state index contributed by atoms with van der Waals surface area (Å²) in [6.45, 7) is 6.72. The number of hydrogen-bond donors (Lipinski definition) is 2. The minimum atomic E-state index is -0.846. The number of rotatable bonds is 4. The van der Waals surface area contributed by atoms with Gasteiger partial charge in [0, 0.05) is 25.7 Å². The predicted octanol–water partition coefficient (Wildman–Crippen LogP) is 0.942. The predicted molar refractivity (Wildman–Crippen MR) is 75.8 cm³/mol. The molecule has 1 heterocycles. The van der Waals surface area contributed by atoms with Crippen LogP contribution in [0.15, 0.2) is 30.3 Å². The summed E-state index contributed by atoms with van der Waals surface area (Å²) in [6, 6.07) is 9.80. The van der Waals surface area contributed by atoms with Crippen LogP contribution in [0.1, 0.15) is 19.4 Å². The van der Waals surface area contributed by atoms with Crippen molar-refractivity contribution in [2.24, 2.45) is 5.73 Å². The van der Waals surface area contributed by atoms with E-state index >= 15 is 0 Å². The van der Waals surface area contributed by atoms with Crippen LogP contribution >= 0.6 is 0 Å². The lowest BCUT2D eigenvalue weighted by atomic mass is 9.95. The molecule has 0 aliphatic carbocycles. The van der Waals surface area contributed by atoms with Crippen LogP contribution in [-0.4, -0.2) is 48.4 Å². The average Bonchev–Trinajstić information content (AvgIpc) is 2.39. The van der Waals surface area contributed by atoms with E-state index < -0.39 is 5.60 Å². The van der Waals surface area contributed by atoms with E-state index in [0.717, 1.165) is 18.7 Å². The van der Waals surface area contributed by atoms with Gasteiger partial charge < -0.3 is 15.6 Å². The Morgan fingerprint density at radius 2 is 2.16 bits per heavy atom. The highest BCUT2D eigenvalue weighted by Gasteiger charge is 2.30. The highest BCUT2D eigenvalue weighted by atomic mass is 16.5. The fraction of sp³-hybridized carbons (Fsp3) is 0.600. The third-order valence-corrected chi connectivity index (χ3v) is 3.69. The van der Waals surface area contributed by atoms with Gasteiger partial charge >= 0.3 is 0 Å². The molecule has 3 N–H and O–H groups in total. The monoisotopic (exact) mass is 264 g/mol. The number of nitrogens with two attached hydrogens (primary N) is 1. The van der Waals surface area contributed by atoms with Crippen molar-refractivity contribution in [2.75, 3.05) is 26.2 Å². The number of benzene rings is 1. The van der Waals surface area contributed by atoms with E-state index in [9.17, 15) is 5.11 Å². The van der Waals surface area contributed by atoms with Crippen molar-refractivity contribution in [3.8, 4) is 0 Å². The summed E-state index contributed by atoms with van der Waals surface area (Å²) < 4.78 is 5.64. The fourth-order valence-electron chi connectivity index (χ4n) is 2.52. The summed E-state index contributed by atoms with van der Waals surface area (Å²) in [7, 11) is 0. The Morgan fingerprint density at radius 3 is 2.79 bits per heavy atom. The lowest BCUT2D eigenvalue weighted by molar-refractivity contribution is -0.0672. The largest absolute Gasteiger partial charge is 0.384 e. The van der Waals surface area contributed by atoms with Crippen LogP contribution in [-0.2, 0) is 10.3 Å². The van der Waals surface area contributed by atoms with Gasteiger partial charge in [-0.15, -0.1) is 0 Å². The summed E-state index contributed by atoms with van der Waals surface area (Å²) in [5.74, 6) is 0. The zero-order valence-corrected chi connectivity index (χ0v) is 11.7. The van der Waals surface area contributed by atoms with Gasteiger partial charge in [-0.25, -0.2) is 0 Å². The fourth-order valence-corrected chi connectivity index (χ4v) is 2.52. The Balaban J connectivity index is 2.00. The summed E-state index contributed by atoms with van der Waals surface area (Å²) in [6.07, 6.45) is 0.0559. The van der Waals surface area contributed by atoms with Gasteiger partial charge in [0.05, 0.1) is 18.3 Å². The van der Waals surface area contributed by atoms with Gasteiger partial charge in [0.2, 0.25) is 0 Å². The molecule has 1 aromatic carbocycles. The molecular weight excluding hydrogens is 240 g/mol. The third kappa shape index (κ3) is 3.76. The van der Waals surface area contributed by atoms with Crippen molar-refractivity contribution < 1.29 is 9.84 Å². The first-order chi connectivity index (χ1) is 8.99. The second-order valence-corrected chi connectivity index (χ2v) is 5.64. The molecule has 0 bridgehead atoms. The van der Waals surface area contributed by atoms with E-state index in [1.807, 2.05) is 44.2 Å². The van der Waals surface area contributed by atoms with E-state index in [1.165, 1.54) is 0 Å². The number of hydrogen-bond acceptors (Lipinski definition) is 4. The van der Waals surface area contributed by atoms with Gasteiger partial charge in [-0.05, 0) is 19.4 Å². The Kier molecular flexibility index (Phi) is 4.58. The molecule has 1 aliphatic heterocycles. The standard InChI is InChI=1S/C15H24N2O2/c1-12(16)14-10-17(8-9-19-14)11-15(2,18)13-6-4-3-5-7-13/h3-7,12,14,18H,8-11,16H2,1-2H3. The van der Waals surface area contributed by atoms with Crippen molar-refractivity contribution in [2.45, 2.75) is 31.6 Å². The summed E-state index contributed by atoms with van der Waals surface area (Å²) in [5.41, 5.74) is 5.99. The molecule has 1 aromatic rings. The first kappa shape index (κ1) is 14.5. The zero-order chi connectivity index (χ0) is 13.9. The first-order valence-electron chi connectivity index (χ1n) is 6.86. The van der Waals surface area contributed by atoms with E-state index in [0.29, 0.717) is 13.2 Å².